The average Bonchev–Trinajstić information content (AvgIpc) is 2.65. The molecule has 18 heavy (non-hydrogen) atoms. The molecule has 4 rings (SSSR count). The summed E-state index contributed by atoms with van der Waals surface area (Å²) in [7, 11) is 0. The Kier molecular flexibility index (Phi) is 1.88. The lowest BCUT2D eigenvalue weighted by Gasteiger charge is -2.04. The van der Waals surface area contributed by atoms with Crippen molar-refractivity contribution in [1.82, 2.24) is 0 Å². The number of ether oxygens (including phenoxy) is 1. The minimum atomic E-state index is 0.721. The fourth-order valence-electron chi connectivity index (χ4n) is 2.29. The van der Waals surface area contributed by atoms with Crippen molar-refractivity contribution in [2.75, 3.05) is 6.54 Å². The first-order chi connectivity index (χ1) is 8.92. The van der Waals surface area contributed by atoms with Gasteiger partial charge in [0, 0.05) is 10.8 Å². The van der Waals surface area contributed by atoms with Crippen molar-refractivity contribution in [2.45, 2.75) is 0 Å². The van der Waals surface area contributed by atoms with E-state index in [0.717, 1.165) is 39.9 Å². The van der Waals surface area contributed by atoms with Crippen molar-refractivity contribution in [3.8, 4) is 0 Å². The number of allylic oxidation sites excluding steroid dienone is 3. The van der Waals surface area contributed by atoms with Crippen molar-refractivity contribution >= 4 is 11.5 Å². The van der Waals surface area contributed by atoms with Crippen LogP contribution >= 0.6 is 0 Å². The van der Waals surface area contributed by atoms with Gasteiger partial charge < -0.3 is 4.74 Å². The molecule has 86 valence electrons. The maximum atomic E-state index is 5.78. The van der Waals surface area contributed by atoms with Gasteiger partial charge in [-0.15, -0.1) is 0 Å². The first-order valence-corrected chi connectivity index (χ1v) is 5.90. The molecule has 0 fully saturated rings. The minimum Gasteiger partial charge on any atom is -0.461 e. The van der Waals surface area contributed by atoms with Gasteiger partial charge in [-0.25, -0.2) is 4.99 Å². The summed E-state index contributed by atoms with van der Waals surface area (Å²) in [5.74, 6) is 0.823. The molecule has 0 atom stereocenters. The molecule has 3 aliphatic heterocycles. The highest BCUT2D eigenvalue weighted by atomic mass is 16.5. The number of fused-ring (bicyclic) bond motifs is 3. The molecule has 0 radical (unpaired) electrons. The SMILES string of the molecule is C1=CC2=COC3=c4ccccc4=NC3=CC2=NC1. The van der Waals surface area contributed by atoms with E-state index in [0.29, 0.717) is 0 Å². The average molecular weight is 234 g/mol. The summed E-state index contributed by atoms with van der Waals surface area (Å²) in [6.07, 6.45) is 7.81. The second-order valence-corrected chi connectivity index (χ2v) is 4.31. The van der Waals surface area contributed by atoms with E-state index in [-0.39, 0.29) is 0 Å². The van der Waals surface area contributed by atoms with Crippen molar-refractivity contribution in [2.24, 2.45) is 9.98 Å². The molecular weight excluding hydrogens is 224 g/mol. The summed E-state index contributed by atoms with van der Waals surface area (Å²) in [6, 6.07) is 8.00. The first kappa shape index (κ1) is 9.59. The largest absolute Gasteiger partial charge is 0.461 e. The van der Waals surface area contributed by atoms with E-state index in [1.807, 2.05) is 42.5 Å². The molecule has 1 aromatic rings. The zero-order valence-corrected chi connectivity index (χ0v) is 9.63. The minimum absolute atomic E-state index is 0.721. The molecule has 0 bridgehead atoms. The Bertz CT molecular complexity index is 779. The number of aliphatic imine (C=N–C) groups is 1. The number of hydrogen-bond donors (Lipinski definition) is 0. The highest BCUT2D eigenvalue weighted by Gasteiger charge is 2.19. The fourth-order valence-corrected chi connectivity index (χ4v) is 2.29. The van der Waals surface area contributed by atoms with Gasteiger partial charge in [0.15, 0.2) is 5.76 Å². The normalized spacial score (nSPS) is 19.3. The van der Waals surface area contributed by atoms with Crippen molar-refractivity contribution in [1.29, 1.82) is 0 Å². The van der Waals surface area contributed by atoms with Crippen LogP contribution in [0.5, 0.6) is 0 Å². The van der Waals surface area contributed by atoms with Gasteiger partial charge >= 0.3 is 0 Å². The van der Waals surface area contributed by atoms with Gasteiger partial charge in [0.2, 0.25) is 0 Å². The van der Waals surface area contributed by atoms with Crippen molar-refractivity contribution in [3.63, 3.8) is 0 Å². The zero-order valence-electron chi connectivity index (χ0n) is 9.63. The lowest BCUT2D eigenvalue weighted by atomic mass is 10.1. The molecule has 0 saturated carbocycles. The van der Waals surface area contributed by atoms with E-state index in [1.54, 1.807) is 6.26 Å². The number of nitrogens with zero attached hydrogens (tertiary/aromatic N) is 2. The predicted octanol–water partition coefficient (Wildman–Crippen LogP) is 1.24. The third kappa shape index (κ3) is 1.31. The number of para-hydroxylation sites is 1. The molecule has 3 heteroatoms. The van der Waals surface area contributed by atoms with Gasteiger partial charge in [0.1, 0.15) is 12.0 Å². The molecule has 0 saturated heterocycles. The van der Waals surface area contributed by atoms with Crippen LogP contribution in [0, 0.1) is 0 Å². The van der Waals surface area contributed by atoms with E-state index < -0.39 is 0 Å². The zero-order chi connectivity index (χ0) is 11.9. The number of dihydropyridines is 1. The van der Waals surface area contributed by atoms with Crippen LogP contribution in [-0.4, -0.2) is 12.3 Å². The van der Waals surface area contributed by atoms with Crippen LogP contribution in [-0.2, 0) is 4.74 Å². The smallest absolute Gasteiger partial charge is 0.161 e. The van der Waals surface area contributed by atoms with Crippen LogP contribution in [0.25, 0.3) is 5.76 Å². The molecule has 0 spiro atoms. The van der Waals surface area contributed by atoms with Gasteiger partial charge in [0.05, 0.1) is 17.6 Å². The number of rotatable bonds is 0. The summed E-state index contributed by atoms with van der Waals surface area (Å²) in [6.45, 7) is 0.721. The van der Waals surface area contributed by atoms with Crippen LogP contribution in [0.1, 0.15) is 0 Å². The fraction of sp³-hybridized carbons (Fsp3) is 0.0667. The van der Waals surface area contributed by atoms with Crippen LogP contribution < -0.4 is 10.6 Å². The monoisotopic (exact) mass is 234 g/mol. The Morgan fingerprint density at radius 3 is 3.11 bits per heavy atom. The molecule has 0 aromatic heterocycles. The van der Waals surface area contributed by atoms with Crippen molar-refractivity contribution < 1.29 is 4.74 Å². The maximum Gasteiger partial charge on any atom is 0.161 e. The molecule has 0 unspecified atom stereocenters. The summed E-state index contributed by atoms with van der Waals surface area (Å²) in [5.41, 5.74) is 2.80. The van der Waals surface area contributed by atoms with Crippen LogP contribution in [0.4, 0.5) is 0 Å². The van der Waals surface area contributed by atoms with E-state index in [2.05, 4.69) is 9.98 Å². The van der Waals surface area contributed by atoms with Crippen molar-refractivity contribution in [3.05, 3.63) is 70.6 Å². The summed E-state index contributed by atoms with van der Waals surface area (Å²) < 4.78 is 5.78. The lowest BCUT2D eigenvalue weighted by molar-refractivity contribution is 0.432. The number of hydrogen-bond acceptors (Lipinski definition) is 3. The second-order valence-electron chi connectivity index (χ2n) is 4.31. The predicted molar refractivity (Wildman–Crippen MR) is 69.3 cm³/mol. The summed E-state index contributed by atoms with van der Waals surface area (Å²) >= 11 is 0. The molecule has 0 aliphatic carbocycles. The Morgan fingerprint density at radius 2 is 2.11 bits per heavy atom. The molecule has 3 heterocycles. The van der Waals surface area contributed by atoms with Gasteiger partial charge in [-0.1, -0.05) is 24.3 Å². The van der Waals surface area contributed by atoms with Crippen LogP contribution in [0.3, 0.4) is 0 Å². The molecule has 3 aliphatic rings. The highest BCUT2D eigenvalue weighted by Crippen LogP contribution is 2.23. The van der Waals surface area contributed by atoms with Gasteiger partial charge in [-0.3, -0.25) is 4.99 Å². The van der Waals surface area contributed by atoms with Gasteiger partial charge in [0.25, 0.3) is 0 Å². The quantitative estimate of drug-likeness (QED) is 0.665. The molecule has 0 amide bonds. The molecular formula is C15H10N2O. The van der Waals surface area contributed by atoms with Gasteiger partial charge in [-0.05, 0) is 18.2 Å². The lowest BCUT2D eigenvalue weighted by Crippen LogP contribution is -2.22. The standard InChI is InChI=1S/C15H10N2O/c1-2-6-12-11(5-1)15-14(17-12)8-13-10(9-18-15)4-3-7-16-13/h1-6,8-9H,7H2. The van der Waals surface area contributed by atoms with E-state index >= 15 is 0 Å². The first-order valence-electron chi connectivity index (χ1n) is 5.90. The van der Waals surface area contributed by atoms with E-state index in [4.69, 9.17) is 4.74 Å². The topological polar surface area (TPSA) is 34.0 Å². The van der Waals surface area contributed by atoms with Crippen LogP contribution in [0.2, 0.25) is 0 Å². The summed E-state index contributed by atoms with van der Waals surface area (Å²) in [5, 5.41) is 2.01. The third-order valence-corrected chi connectivity index (χ3v) is 3.16. The highest BCUT2D eigenvalue weighted by molar-refractivity contribution is 6.12. The number of benzene rings is 1. The molecule has 1 aromatic carbocycles. The molecule has 0 N–H and O–H groups in total. The Balaban J connectivity index is 2.00. The second kappa shape index (κ2) is 3.53. The Hall–Kier alpha value is -2.42. The van der Waals surface area contributed by atoms with E-state index in [9.17, 15) is 0 Å². The molecule has 3 nitrogen and oxygen atoms in total. The summed E-state index contributed by atoms with van der Waals surface area (Å²) in [4.78, 5) is 9.05. The Morgan fingerprint density at radius 1 is 1.17 bits per heavy atom. The Labute approximate surface area is 104 Å². The van der Waals surface area contributed by atoms with Crippen LogP contribution in [0.15, 0.2) is 70.0 Å². The van der Waals surface area contributed by atoms with E-state index in [1.165, 1.54) is 0 Å². The third-order valence-electron chi connectivity index (χ3n) is 3.16. The van der Waals surface area contributed by atoms with Gasteiger partial charge in [-0.2, -0.15) is 0 Å². The maximum absolute atomic E-state index is 5.78.